The summed E-state index contributed by atoms with van der Waals surface area (Å²) in [4.78, 5) is 43.7. The van der Waals surface area contributed by atoms with Crippen molar-refractivity contribution in [2.75, 3.05) is 35.8 Å². The fraction of sp³-hybridized carbons (Fsp3) is 0.100. The molecule has 3 rings (SSSR count). The highest BCUT2D eigenvalue weighted by atomic mass is 35.5. The van der Waals surface area contributed by atoms with Crippen LogP contribution in [0.1, 0.15) is 0 Å². The number of nitrogens with zero attached hydrogens (tertiary/aromatic N) is 3. The molecule has 0 aliphatic carbocycles. The summed E-state index contributed by atoms with van der Waals surface area (Å²) in [6.45, 7) is 0. The molecule has 0 saturated carbocycles. The van der Waals surface area contributed by atoms with Gasteiger partial charge in [0.15, 0.2) is 13.5 Å². The number of carbonyl (C=O) groups excluding carboxylic acids is 3. The highest BCUT2D eigenvalue weighted by Gasteiger charge is 2.44. The first-order valence-electron chi connectivity index (χ1n) is 13.0. The number of rotatable bonds is 12. The molecule has 0 radical (unpaired) electrons. The molecule has 0 N–H and O–H groups in total. The second kappa shape index (κ2) is 17.2. The van der Waals surface area contributed by atoms with Gasteiger partial charge in [-0.25, -0.2) is 0 Å². The van der Waals surface area contributed by atoms with E-state index in [2.05, 4.69) is 0 Å². The molecule has 0 fully saturated rings. The molecular weight excluding hydrogens is 758 g/mol. The molecule has 0 bridgehead atoms. The van der Waals surface area contributed by atoms with Crippen LogP contribution in [0, 0.1) is 0 Å². The third-order valence-electron chi connectivity index (χ3n) is 6.05. The van der Waals surface area contributed by atoms with Crippen LogP contribution < -0.4 is 14.7 Å². The fourth-order valence-corrected chi connectivity index (χ4v) is 5.95. The lowest BCUT2D eigenvalue weighted by Gasteiger charge is -2.26. The zero-order valence-corrected chi connectivity index (χ0v) is 30.0. The maximum Gasteiger partial charge on any atom is 0.647 e. The quantitative estimate of drug-likeness (QED) is 0.103. The number of halogens is 6. The normalized spacial score (nSPS) is 10.6. The van der Waals surface area contributed by atoms with E-state index in [1.54, 1.807) is 91.0 Å². The van der Waals surface area contributed by atoms with Gasteiger partial charge in [0, 0.05) is 38.2 Å². The van der Waals surface area contributed by atoms with Crippen molar-refractivity contribution >= 4 is 112 Å². The van der Waals surface area contributed by atoms with Gasteiger partial charge in [0.05, 0.1) is 0 Å². The predicted octanol–water partition coefficient (Wildman–Crippen LogP) is 9.07. The third-order valence-corrected chi connectivity index (χ3v) is 8.30. The number of likely N-dealkylation sites (N-methyl/N-ethyl adjacent to an activating group) is 3. The number of para-hydroxylation sites is 3. The van der Waals surface area contributed by atoms with E-state index in [1.165, 1.54) is 21.1 Å². The highest BCUT2D eigenvalue weighted by molar-refractivity contribution is 7.49. The highest BCUT2D eigenvalue weighted by Crippen LogP contribution is 2.57. The van der Waals surface area contributed by atoms with Gasteiger partial charge in [-0.3, -0.25) is 14.4 Å². The fourth-order valence-electron chi connectivity index (χ4n) is 3.62. The number of phosphoric acid groups is 1. The van der Waals surface area contributed by atoms with Crippen LogP contribution in [0.3, 0.4) is 0 Å². The number of carbonyl (C=O) groups is 3. The van der Waals surface area contributed by atoms with Crippen molar-refractivity contribution in [1.82, 2.24) is 0 Å². The minimum absolute atomic E-state index is 0.345. The summed E-state index contributed by atoms with van der Waals surface area (Å²) in [6, 6.07) is 24.4. The number of hydrogen-bond donors (Lipinski definition) is 0. The van der Waals surface area contributed by atoms with Crippen LogP contribution in [0.25, 0.3) is 0 Å². The van der Waals surface area contributed by atoms with Crippen molar-refractivity contribution in [3.63, 3.8) is 0 Å². The number of benzene rings is 3. The first kappa shape index (κ1) is 38.1. The SMILES string of the molecule is CN(C(=O)C(OP(=O)(OC(C(=O)N(C)c1ccccc1)=C(Cl)Cl)OC(C(=O)N(C)c1ccccc1)=C(Cl)Cl)=C(Cl)Cl)c1ccccc1. The van der Waals surface area contributed by atoms with Gasteiger partial charge >= 0.3 is 7.82 Å². The summed E-state index contributed by atoms with van der Waals surface area (Å²) in [7, 11) is -1.52. The van der Waals surface area contributed by atoms with Crippen LogP contribution in [0.5, 0.6) is 0 Å². The molecule has 47 heavy (non-hydrogen) atoms. The predicted molar refractivity (Wildman–Crippen MR) is 187 cm³/mol. The third kappa shape index (κ3) is 10.1. The molecule has 0 unspecified atom stereocenters. The minimum atomic E-state index is -5.53. The van der Waals surface area contributed by atoms with E-state index in [0.29, 0.717) is 17.1 Å². The van der Waals surface area contributed by atoms with Gasteiger partial charge in [-0.05, 0) is 36.4 Å². The lowest BCUT2D eigenvalue weighted by molar-refractivity contribution is -0.117. The Kier molecular flexibility index (Phi) is 13.9. The Bertz CT molecular complexity index is 1540. The topological polar surface area (TPSA) is 106 Å². The van der Waals surface area contributed by atoms with E-state index in [4.69, 9.17) is 83.2 Å². The molecule has 0 heterocycles. The zero-order chi connectivity index (χ0) is 34.9. The van der Waals surface area contributed by atoms with Crippen LogP contribution in [-0.2, 0) is 32.5 Å². The van der Waals surface area contributed by atoms with Gasteiger partial charge in [0.25, 0.3) is 17.7 Å². The number of phosphoric ester groups is 1. The molecular formula is C30H24Cl6N3O7P. The van der Waals surface area contributed by atoms with Crippen molar-refractivity contribution in [3.05, 3.63) is 122 Å². The summed E-state index contributed by atoms with van der Waals surface area (Å²) in [5, 5.41) is 0. The molecule has 3 aromatic carbocycles. The standard InChI is InChI=1S/C30H24Cl6N3O7P/c1-37(19-13-7-4-8-14-19)28(40)22(25(31)32)44-47(43,45-23(26(33)34)29(41)38(2)20-15-9-5-10-16-20)46-24(27(35)36)30(42)39(3)21-17-11-6-12-18-21/h4-18H,1-3H3. The molecule has 0 atom stereocenters. The van der Waals surface area contributed by atoms with Gasteiger partial charge in [-0.1, -0.05) is 124 Å². The van der Waals surface area contributed by atoms with Crippen molar-refractivity contribution in [2.45, 2.75) is 0 Å². The largest absolute Gasteiger partial charge is 0.647 e. The van der Waals surface area contributed by atoms with E-state index in [0.717, 1.165) is 14.7 Å². The van der Waals surface area contributed by atoms with E-state index in [1.807, 2.05) is 0 Å². The van der Waals surface area contributed by atoms with Crippen molar-refractivity contribution in [3.8, 4) is 0 Å². The van der Waals surface area contributed by atoms with Crippen LogP contribution in [0.15, 0.2) is 122 Å². The van der Waals surface area contributed by atoms with Crippen molar-refractivity contribution in [1.29, 1.82) is 0 Å². The maximum absolute atomic E-state index is 14.5. The Labute approximate surface area is 300 Å². The van der Waals surface area contributed by atoms with Crippen molar-refractivity contribution in [2.24, 2.45) is 0 Å². The molecule has 17 heteroatoms. The Morgan fingerprint density at radius 3 is 0.872 bits per heavy atom. The molecule has 0 aromatic heterocycles. The van der Waals surface area contributed by atoms with Crippen LogP contribution in [0.4, 0.5) is 17.1 Å². The summed E-state index contributed by atoms with van der Waals surface area (Å²) in [6.07, 6.45) is 0. The smallest absolute Gasteiger partial charge is 0.377 e. The van der Waals surface area contributed by atoms with Crippen LogP contribution in [0.2, 0.25) is 0 Å². The molecule has 3 amide bonds. The van der Waals surface area contributed by atoms with Gasteiger partial charge in [-0.15, -0.1) is 0 Å². The lowest BCUT2D eigenvalue weighted by atomic mass is 10.3. The lowest BCUT2D eigenvalue weighted by Crippen LogP contribution is -2.31. The van der Waals surface area contributed by atoms with E-state index < -0.39 is 56.3 Å². The second-order valence-electron chi connectivity index (χ2n) is 9.09. The number of anilines is 3. The molecule has 0 aliphatic rings. The number of hydrogen-bond acceptors (Lipinski definition) is 7. The van der Waals surface area contributed by atoms with Crippen LogP contribution in [-0.4, -0.2) is 38.9 Å². The summed E-state index contributed by atoms with van der Waals surface area (Å²) in [5.74, 6) is -6.08. The number of amides is 3. The Balaban J connectivity index is 2.11. The molecule has 0 saturated heterocycles. The molecule has 0 spiro atoms. The maximum atomic E-state index is 14.5. The van der Waals surface area contributed by atoms with E-state index in [-0.39, 0.29) is 0 Å². The molecule has 10 nitrogen and oxygen atoms in total. The molecule has 3 aromatic rings. The monoisotopic (exact) mass is 779 g/mol. The second-order valence-corrected chi connectivity index (χ2v) is 13.4. The Morgan fingerprint density at radius 2 is 0.681 bits per heavy atom. The van der Waals surface area contributed by atoms with Gasteiger partial charge in [0.1, 0.15) is 0 Å². The average molecular weight is 782 g/mol. The Morgan fingerprint density at radius 1 is 0.468 bits per heavy atom. The van der Waals surface area contributed by atoms with E-state index in [9.17, 15) is 18.9 Å². The zero-order valence-electron chi connectivity index (χ0n) is 24.6. The average Bonchev–Trinajstić information content (AvgIpc) is 3.07. The minimum Gasteiger partial charge on any atom is -0.377 e. The first-order chi connectivity index (χ1) is 22.2. The summed E-state index contributed by atoms with van der Waals surface area (Å²) < 4.78 is 28.3. The first-order valence-corrected chi connectivity index (χ1v) is 16.7. The summed E-state index contributed by atoms with van der Waals surface area (Å²) >= 11 is 36.1. The van der Waals surface area contributed by atoms with Gasteiger partial charge < -0.3 is 28.3 Å². The Hall–Kier alpha value is -3.34. The van der Waals surface area contributed by atoms with E-state index >= 15 is 0 Å². The van der Waals surface area contributed by atoms with Gasteiger partial charge in [-0.2, -0.15) is 4.57 Å². The van der Waals surface area contributed by atoms with Crippen molar-refractivity contribution < 1.29 is 32.5 Å². The molecule has 0 aliphatic heterocycles. The van der Waals surface area contributed by atoms with Crippen LogP contribution >= 0.6 is 77.4 Å². The summed E-state index contributed by atoms with van der Waals surface area (Å²) in [5.41, 5.74) is 1.04. The van der Waals surface area contributed by atoms with Gasteiger partial charge in [0.2, 0.25) is 17.3 Å². The molecule has 248 valence electrons.